The summed E-state index contributed by atoms with van der Waals surface area (Å²) in [5.41, 5.74) is 22.7. The first kappa shape index (κ1) is 115. The molecule has 0 amide bonds. The molecule has 0 atom stereocenters. The standard InChI is InChI=1S/3C26H26NSi.C15H28O2.C13H24O2.C10H18O2.3Ir/c3*1-18-15-19(2)17-21(16-18)23-12-11-22-24(27-23)13-14-25(28(3,4)5)26(22)20-9-7-6-8-10-20;1-7-14(5,8-2)12(16)11-13(17)15(6,9-3)10-4;1-7-12(3,4)10(14)9-11(15)13(5,6)8-2;1-7(2)8(11)6-9(12)10(3,4)5;;;/h3*6-16H,1-5H3;11,16H,7-10H2,1-6H3;9,14H,7-8H2,1-6H3;6-7,11H,1-5H3;;;/q3*-1;;;;;;. The van der Waals surface area contributed by atoms with E-state index >= 15 is 0 Å². The second-order valence-corrected chi connectivity index (χ2v) is 56.1. The van der Waals surface area contributed by atoms with E-state index in [1.165, 1.54) is 100 Å². The molecule has 3 heterocycles. The Kier molecular flexibility index (Phi) is 43.0. The van der Waals surface area contributed by atoms with Crippen LogP contribution in [-0.4, -0.2) is 71.8 Å². The molecule has 0 aliphatic rings. The Morgan fingerprint density at radius 2 is 0.626 bits per heavy atom. The van der Waals surface area contributed by atoms with Crippen LogP contribution >= 0.6 is 0 Å². The monoisotopic (exact) mass is 2340 g/mol. The van der Waals surface area contributed by atoms with Gasteiger partial charge >= 0.3 is 0 Å². The summed E-state index contributed by atoms with van der Waals surface area (Å²) in [6.07, 6.45) is 9.07. The van der Waals surface area contributed by atoms with Crippen molar-refractivity contribution in [2.75, 3.05) is 0 Å². The number of hydrogen-bond acceptors (Lipinski definition) is 9. The molecule has 9 nitrogen and oxygen atoms in total. The molecule has 12 aromatic rings. The van der Waals surface area contributed by atoms with E-state index in [9.17, 15) is 29.7 Å². The van der Waals surface area contributed by atoms with Gasteiger partial charge in [0.2, 0.25) is 0 Å². The van der Waals surface area contributed by atoms with E-state index in [4.69, 9.17) is 15.0 Å². The third kappa shape index (κ3) is 31.3. The zero-order valence-corrected chi connectivity index (χ0v) is 94.7. The largest absolute Gasteiger partial charge is 0.512 e. The quantitative estimate of drug-likeness (QED) is 0.0246. The predicted octanol–water partition coefficient (Wildman–Crippen LogP) is 30.8. The molecule has 3 N–H and O–H groups in total. The van der Waals surface area contributed by atoms with E-state index in [-0.39, 0.29) is 123 Å². The minimum Gasteiger partial charge on any atom is -0.512 e. The fourth-order valence-corrected chi connectivity index (χ4v) is 19.7. The van der Waals surface area contributed by atoms with Gasteiger partial charge in [-0.15, -0.1) is 105 Å². The number of rotatable bonds is 23. The Morgan fingerprint density at radius 3 is 0.870 bits per heavy atom. The molecule has 9 aromatic carbocycles. The number of ketones is 3. The van der Waals surface area contributed by atoms with Crippen molar-refractivity contribution in [2.45, 2.75) is 257 Å². The van der Waals surface area contributed by atoms with Crippen LogP contribution in [0.2, 0.25) is 58.9 Å². The van der Waals surface area contributed by atoms with Crippen molar-refractivity contribution in [1.82, 2.24) is 15.0 Å². The topological polar surface area (TPSA) is 151 Å². The van der Waals surface area contributed by atoms with Gasteiger partial charge in [0.05, 0.1) is 46.5 Å². The van der Waals surface area contributed by atoms with Crippen LogP contribution in [0.4, 0.5) is 0 Å². The van der Waals surface area contributed by atoms with Gasteiger partial charge in [0.1, 0.15) is 11.5 Å². The molecular formula is C116H148Ir3N3O6Si3-3. The van der Waals surface area contributed by atoms with Crippen molar-refractivity contribution in [2.24, 2.45) is 33.0 Å². The minimum atomic E-state index is -1.50. The fourth-order valence-electron chi connectivity index (χ4n) is 14.9. The number of aliphatic hydroxyl groups is 3. The first-order valence-corrected chi connectivity index (χ1v) is 56.6. The number of fused-ring (bicyclic) bond motifs is 3. The zero-order valence-electron chi connectivity index (χ0n) is 84.5. The van der Waals surface area contributed by atoms with Gasteiger partial charge in [0, 0.05) is 128 Å². The smallest absolute Gasteiger partial charge is 0.164 e. The maximum atomic E-state index is 12.2. The van der Waals surface area contributed by atoms with Crippen molar-refractivity contribution >= 4 is 89.8 Å². The van der Waals surface area contributed by atoms with E-state index in [0.717, 1.165) is 106 Å². The van der Waals surface area contributed by atoms with Crippen LogP contribution in [0.15, 0.2) is 236 Å². The number of hydrogen-bond donors (Lipinski definition) is 3. The number of aromatic nitrogens is 3. The van der Waals surface area contributed by atoms with Gasteiger partial charge in [-0.1, -0.05) is 379 Å². The SMILES string of the molecule is CC(C)C(O)=CC(=O)C(C)(C)C.CCC(C)(C)C(=O)C=C(O)C(C)(C)CC.CCC(C)(CC)C(=O)C=C(O)C(C)(CC)CC.Cc1[c-]c(-c2ccc3c(-c4ccccc4)c([Si](C)(C)C)ccc3n2)cc(C)c1.Cc1[c-]c(-c2ccc3c(-c4ccccc4)c([Si](C)(C)C)ccc3n2)cc(C)c1.Cc1[c-]c(-c2ccc3c(-c4ccccc4)c([Si](C)(C)C)ccc3n2)cc(C)c1.[Ir].[Ir].[Ir]. The Labute approximate surface area is 831 Å². The molecule has 0 aliphatic carbocycles. The van der Waals surface area contributed by atoms with Gasteiger partial charge in [-0.3, -0.25) is 29.3 Å². The molecule has 3 aromatic heterocycles. The van der Waals surface area contributed by atoms with Gasteiger partial charge < -0.3 is 15.3 Å². The van der Waals surface area contributed by atoms with Gasteiger partial charge in [-0.25, -0.2) is 0 Å². The van der Waals surface area contributed by atoms with Crippen LogP contribution in [0.25, 0.3) is 99.9 Å². The summed E-state index contributed by atoms with van der Waals surface area (Å²) in [6, 6.07) is 82.2. The van der Waals surface area contributed by atoms with Crippen LogP contribution in [0.5, 0.6) is 0 Å². The summed E-state index contributed by atoms with van der Waals surface area (Å²) < 4.78 is 0. The maximum absolute atomic E-state index is 12.2. The molecule has 12 rings (SSSR count). The van der Waals surface area contributed by atoms with Crippen molar-refractivity contribution in [3.8, 4) is 67.2 Å². The number of carbonyl (C=O) groups is 3. The number of allylic oxidation sites excluding steroid dienone is 6. The third-order valence-electron chi connectivity index (χ3n) is 25.1. The first-order chi connectivity index (χ1) is 59.7. The molecule has 0 fully saturated rings. The molecule has 0 aliphatic heterocycles. The van der Waals surface area contributed by atoms with Crippen LogP contribution < -0.4 is 15.6 Å². The normalized spacial score (nSPS) is 12.2. The summed E-state index contributed by atoms with van der Waals surface area (Å²) >= 11 is 0. The number of aliphatic hydroxyl groups excluding tert-OH is 3. The summed E-state index contributed by atoms with van der Waals surface area (Å²) in [6.45, 7) is 67.3. The first-order valence-electron chi connectivity index (χ1n) is 46.1. The van der Waals surface area contributed by atoms with Crippen LogP contribution in [0, 0.1) is 92.7 Å². The van der Waals surface area contributed by atoms with E-state index in [1.54, 1.807) is 0 Å². The summed E-state index contributed by atoms with van der Waals surface area (Å²) in [5.74, 6) is 0.634. The van der Waals surface area contributed by atoms with Crippen molar-refractivity contribution < 1.29 is 90.0 Å². The van der Waals surface area contributed by atoms with Crippen LogP contribution in [0.3, 0.4) is 0 Å². The van der Waals surface area contributed by atoms with Crippen molar-refractivity contribution in [1.29, 1.82) is 0 Å². The van der Waals surface area contributed by atoms with E-state index in [2.05, 4.69) is 319 Å². The molecule has 0 bridgehead atoms. The van der Waals surface area contributed by atoms with Crippen LogP contribution in [-0.2, 0) is 74.7 Å². The van der Waals surface area contributed by atoms with Gasteiger partial charge in [0.15, 0.2) is 17.3 Å². The van der Waals surface area contributed by atoms with Crippen LogP contribution in [0.1, 0.15) is 190 Å². The molecule has 15 heteroatoms. The molecular weight excluding hydrogens is 2190 g/mol. The number of pyridine rings is 3. The Bertz CT molecular complexity index is 5430. The Balaban J connectivity index is 0.000000337. The summed E-state index contributed by atoms with van der Waals surface area (Å²) in [5, 5.41) is 37.4. The zero-order chi connectivity index (χ0) is 95.6. The number of carbonyl (C=O) groups excluding carboxylic acids is 3. The second-order valence-electron chi connectivity index (χ2n) is 41.0. The Morgan fingerprint density at radius 1 is 0.344 bits per heavy atom. The maximum Gasteiger partial charge on any atom is 0.164 e. The summed E-state index contributed by atoms with van der Waals surface area (Å²) in [4.78, 5) is 50.4. The number of benzene rings is 9. The van der Waals surface area contributed by atoms with E-state index in [1.807, 2.05) is 118 Å². The van der Waals surface area contributed by atoms with E-state index < -0.39 is 29.6 Å². The minimum absolute atomic E-state index is 0. The molecule has 0 unspecified atom stereocenters. The van der Waals surface area contributed by atoms with Crippen molar-refractivity contribution in [3.05, 3.63) is 287 Å². The number of aryl methyl sites for hydroxylation is 6. The predicted molar refractivity (Wildman–Crippen MR) is 559 cm³/mol. The average Bonchev–Trinajstić information content (AvgIpc) is 0.767. The molecule has 705 valence electrons. The van der Waals surface area contributed by atoms with Gasteiger partial charge in [-0.05, 0) is 107 Å². The summed E-state index contributed by atoms with van der Waals surface area (Å²) in [7, 11) is -4.51. The molecule has 0 saturated carbocycles. The number of nitrogens with zero attached hydrogens (tertiary/aromatic N) is 3. The van der Waals surface area contributed by atoms with Gasteiger partial charge in [-0.2, -0.15) is 0 Å². The fraction of sp³-hybridized carbons (Fsp3) is 0.379. The van der Waals surface area contributed by atoms with Crippen molar-refractivity contribution in [3.63, 3.8) is 0 Å². The van der Waals surface area contributed by atoms with Gasteiger partial charge in [0.25, 0.3) is 0 Å². The molecule has 0 saturated heterocycles. The average molecular weight is 2340 g/mol. The molecule has 3 radical (unpaired) electrons. The molecule has 0 spiro atoms. The second kappa shape index (κ2) is 49.1. The molecule has 131 heavy (non-hydrogen) atoms. The third-order valence-corrected chi connectivity index (χ3v) is 31.2. The van der Waals surface area contributed by atoms with E-state index in [0.29, 0.717) is 0 Å². The Hall–Kier alpha value is -8.56.